The summed E-state index contributed by atoms with van der Waals surface area (Å²) >= 11 is 0. The molecule has 5 aromatic rings. The molecule has 137 heavy (non-hydrogen) atoms. The first-order valence-electron chi connectivity index (χ1n) is 46.1. The number of primary amides is 4. The molecule has 3 aromatic carbocycles. The summed E-state index contributed by atoms with van der Waals surface area (Å²) in [7, 11) is 2.59. The normalized spacial score (nSPS) is 25.1. The molecule has 0 bridgehead atoms. The van der Waals surface area contributed by atoms with Crippen LogP contribution in [0.1, 0.15) is 166 Å². The molecular formula is C92H126FN21O23. The number of aliphatic hydroxyl groups is 1. The van der Waals surface area contributed by atoms with E-state index in [0.29, 0.717) is 65.0 Å². The number of fused-ring (bicyclic) bond motifs is 5. The Morgan fingerprint density at radius 2 is 1.00 bits per heavy atom. The Kier molecular flexibility index (Phi) is 38.9. The third-order valence-electron chi connectivity index (χ3n) is 24.9. The number of hydrogen-bond donors (Lipinski definition) is 18. The number of nitrogens with one attached hydrogen (secondary N) is 11. The molecule has 0 unspecified atom stereocenters. The Hall–Kier alpha value is -14.0. The number of carboxylic acid groups (broad SMARTS) is 2. The quantitative estimate of drug-likeness (QED) is 0.0251. The molecule has 4 aliphatic heterocycles. The third-order valence-corrected chi connectivity index (χ3v) is 24.9. The predicted molar refractivity (Wildman–Crippen MR) is 490 cm³/mol. The van der Waals surface area contributed by atoms with Gasteiger partial charge in [-0.25, -0.2) is 4.39 Å². The van der Waals surface area contributed by atoms with Crippen molar-refractivity contribution in [3.05, 3.63) is 108 Å². The topological polar surface area (TPSA) is 663 Å². The number of benzene rings is 3. The third kappa shape index (κ3) is 29.5. The number of carbonyl (C=O) groups excluding carboxylic acids is 18. The lowest BCUT2D eigenvalue weighted by atomic mass is 9.97. The van der Waals surface area contributed by atoms with Crippen molar-refractivity contribution in [2.75, 3.05) is 46.8 Å². The fourth-order valence-electron chi connectivity index (χ4n) is 17.8. The highest BCUT2D eigenvalue weighted by atomic mass is 19.1. The van der Waals surface area contributed by atoms with E-state index in [2.05, 4.69) is 58.2 Å². The van der Waals surface area contributed by atoms with Crippen molar-refractivity contribution in [1.82, 2.24) is 87.2 Å². The Labute approximate surface area is 788 Å². The fraction of sp³-hybridized carbons (Fsp3) is 0.543. The van der Waals surface area contributed by atoms with E-state index in [1.807, 2.05) is 6.92 Å². The number of nitrogens with two attached hydrogens (primary N) is 4. The van der Waals surface area contributed by atoms with E-state index in [4.69, 9.17) is 22.9 Å². The minimum Gasteiger partial charge on any atom is -0.481 e. The first-order chi connectivity index (χ1) is 65.1. The van der Waals surface area contributed by atoms with Gasteiger partial charge in [0.15, 0.2) is 0 Å². The van der Waals surface area contributed by atoms with Crippen molar-refractivity contribution in [2.24, 2.45) is 28.9 Å². The fourth-order valence-corrected chi connectivity index (χ4v) is 17.8. The van der Waals surface area contributed by atoms with Gasteiger partial charge >= 0.3 is 11.9 Å². The van der Waals surface area contributed by atoms with Crippen LogP contribution in [-0.4, -0.2) is 305 Å². The number of aliphatic hydroxyl groups excluding tert-OH is 1. The van der Waals surface area contributed by atoms with Crippen LogP contribution < -0.4 is 76.1 Å². The molecule has 2 aromatic heterocycles. The van der Waals surface area contributed by atoms with Crippen LogP contribution in [0, 0.1) is 11.7 Å². The molecule has 0 aliphatic carbocycles. The largest absolute Gasteiger partial charge is 0.481 e. The molecule has 18 amide bonds. The highest BCUT2D eigenvalue weighted by Gasteiger charge is 2.48. The number of H-pyrrole nitrogens is 1. The molecule has 9 rings (SSSR count). The van der Waals surface area contributed by atoms with Crippen molar-refractivity contribution in [1.29, 1.82) is 0 Å². The molecular weight excluding hydrogens is 1790 g/mol. The summed E-state index contributed by atoms with van der Waals surface area (Å²) in [6, 6.07) is -5.37. The number of aliphatic carboxylic acids is 2. The molecule has 0 saturated carbocycles. The van der Waals surface area contributed by atoms with Crippen LogP contribution in [0.4, 0.5) is 4.39 Å². The first kappa shape index (κ1) is 107. The minimum absolute atomic E-state index is 0.0248. The van der Waals surface area contributed by atoms with Gasteiger partial charge in [-0.1, -0.05) is 102 Å². The number of unbranched alkanes of at least 4 members (excludes halogenated alkanes) is 2. The highest BCUT2D eigenvalue weighted by Crippen LogP contribution is 2.30. The van der Waals surface area contributed by atoms with Crippen molar-refractivity contribution in [2.45, 2.75) is 266 Å². The summed E-state index contributed by atoms with van der Waals surface area (Å²) in [6.45, 7) is 4.28. The number of hydrogen-bond acceptors (Lipinski definition) is 22. The number of aromatic amines is 1. The number of piperidine rings is 1. The van der Waals surface area contributed by atoms with E-state index >= 15 is 38.4 Å². The second-order valence-electron chi connectivity index (χ2n) is 35.7. The average molecular weight is 1910 g/mol. The number of rotatable bonds is 27. The maximum Gasteiger partial charge on any atom is 0.323 e. The van der Waals surface area contributed by atoms with Crippen molar-refractivity contribution in [3.8, 4) is 0 Å². The second-order valence-corrected chi connectivity index (χ2v) is 35.7. The Bertz CT molecular complexity index is 5280. The SMILES string of the molecule is CCCC[C@H]1C(=O)N(C)[C@@H](CCCC)C(=O)N[C@@H](CC(C)C)C(=O)N[C@H](C(N)=O)CNCC(=O)N[C@@H](Cc2ccc(F)cc2)C(=O)N2CCCC[C@H]2C(=O)N[C@@H](CC(N)=O)C(=O)N2CCC[C@H]2C(=O)N[C@@H](CCC(N)=O)C(=O)N[C@@H](CCC(=O)O)C(=O)N2C[C@H](O)C[C@H]2C(=O)N[C@@H](Cc2c[nH]c3ccccc23)C(=O)N[C@@H](CC(N)=O)C(=O)N[C@@H](Cc2cn(CC(=O)O)c3ccccc23)C(=O)N1C. The number of aromatic nitrogens is 2. The van der Waals surface area contributed by atoms with Gasteiger partial charge in [-0.3, -0.25) is 95.9 Å². The number of halogens is 1. The van der Waals surface area contributed by atoms with Crippen LogP contribution in [0.25, 0.3) is 21.8 Å². The Balaban J connectivity index is 1.12. The zero-order valence-electron chi connectivity index (χ0n) is 77.5. The summed E-state index contributed by atoms with van der Waals surface area (Å²) in [5.41, 5.74) is 24.9. The number of carbonyl (C=O) groups is 20. The standard InChI is InChI=1S/C92H126FN21O23/c1-7-9-21-68-84(129)104-60(36-49(3)4)81(126)108-66(79(97)124)44-98-45-76(119)100-63(37-50-26-28-53(93)29-27-50)90(135)112-34-16-15-24-69(112)86(131)107-65(42-75(96)118)91(136)113-35-17-25-70(113)85(130)101-58(30-32-73(94)116)80(125)102-59(31-33-77(120)121)89(134)114-47-54(115)40-72(114)87(132)105-61(38-51-43-99-57-20-13-11-18-55(51)57)82(127)103-62(41-74(95)117)83(128)106-64(88(133)110(6)71(22-10-8-2)92(137)109(68)5)39-52-46-111(48-78(122)123)67-23-14-12-19-56(52)67/h11-14,18-20,23,26-29,43,46,49,54,58-66,68-72,98-99,115H,7-10,15-17,21-22,24-25,30-42,44-45,47-48H2,1-6H3,(H2,94,116)(H2,95,117)(H2,96,118)(H2,97,124)(H,100,119)(H,101,130)(H,102,125)(H,103,127)(H,104,129)(H,105,132)(H,106,128)(H,107,131)(H,108,126)(H,120,121)(H,122,123)/t54-,58+,59+,60+,61+,62+,63+,64+,65+,66+,68+,69+,70+,71+,72+/m1/s1. The number of carboxylic acids is 2. The highest BCUT2D eigenvalue weighted by molar-refractivity contribution is 6.03. The van der Waals surface area contributed by atoms with Crippen molar-refractivity contribution < 1.29 is 116 Å². The number of para-hydroxylation sites is 2. The molecule has 0 spiro atoms. The van der Waals surface area contributed by atoms with Gasteiger partial charge < -0.3 is 125 Å². The van der Waals surface area contributed by atoms with Gasteiger partial charge in [-0.15, -0.1) is 0 Å². The van der Waals surface area contributed by atoms with Crippen LogP contribution in [0.3, 0.4) is 0 Å². The van der Waals surface area contributed by atoms with Gasteiger partial charge in [0.25, 0.3) is 0 Å². The van der Waals surface area contributed by atoms with Gasteiger partial charge in [0.2, 0.25) is 106 Å². The van der Waals surface area contributed by atoms with Gasteiger partial charge in [-0.05, 0) is 111 Å². The lowest BCUT2D eigenvalue weighted by Crippen LogP contribution is -2.62. The summed E-state index contributed by atoms with van der Waals surface area (Å²) in [6.07, 6.45) is -3.28. The molecule has 45 heteroatoms. The maximum atomic E-state index is 15.9. The minimum atomic E-state index is -2.05. The molecule has 4 saturated heterocycles. The first-order valence-corrected chi connectivity index (χ1v) is 46.1. The van der Waals surface area contributed by atoms with Gasteiger partial charge in [0, 0.05) is 113 Å². The summed E-state index contributed by atoms with van der Waals surface area (Å²) in [5, 5.41) is 58.5. The van der Waals surface area contributed by atoms with Crippen LogP contribution in [0.5, 0.6) is 0 Å². The van der Waals surface area contributed by atoms with E-state index in [9.17, 15) is 77.2 Å². The average Bonchev–Trinajstić information content (AvgIpc) is 1.65. The number of likely N-dealkylation sites (N-methyl/N-ethyl adjacent to an activating group) is 2. The summed E-state index contributed by atoms with van der Waals surface area (Å²) in [5.74, 6) is -22.7. The van der Waals surface area contributed by atoms with Crippen molar-refractivity contribution in [3.63, 3.8) is 0 Å². The molecule has 0 radical (unpaired) electrons. The summed E-state index contributed by atoms with van der Waals surface area (Å²) < 4.78 is 15.8. The zero-order chi connectivity index (χ0) is 100. The number of amides is 18. The lowest BCUT2D eigenvalue weighted by Gasteiger charge is -2.38. The van der Waals surface area contributed by atoms with E-state index < -0.39 is 299 Å². The number of nitrogens with zero attached hydrogens (tertiary/aromatic N) is 6. The molecule has 744 valence electrons. The molecule has 4 aliphatic rings. The van der Waals surface area contributed by atoms with Crippen LogP contribution in [0.15, 0.2) is 85.2 Å². The molecule has 6 heterocycles. The van der Waals surface area contributed by atoms with Gasteiger partial charge in [0.05, 0.1) is 25.5 Å². The van der Waals surface area contributed by atoms with Gasteiger partial charge in [0.1, 0.15) is 96.9 Å². The molecule has 15 atom stereocenters. The summed E-state index contributed by atoms with van der Waals surface area (Å²) in [4.78, 5) is 297. The molecule has 22 N–H and O–H groups in total. The predicted octanol–water partition coefficient (Wildman–Crippen LogP) is -2.88. The van der Waals surface area contributed by atoms with Crippen LogP contribution in [-0.2, 0) is 122 Å². The van der Waals surface area contributed by atoms with E-state index in [-0.39, 0.29) is 75.9 Å². The van der Waals surface area contributed by atoms with Crippen molar-refractivity contribution >= 4 is 140 Å². The van der Waals surface area contributed by atoms with E-state index in [1.165, 1.54) is 43.2 Å². The maximum absolute atomic E-state index is 15.9. The smallest absolute Gasteiger partial charge is 0.323 e. The Morgan fingerprint density at radius 1 is 0.482 bits per heavy atom. The van der Waals surface area contributed by atoms with E-state index in [0.717, 1.165) is 36.6 Å². The zero-order valence-corrected chi connectivity index (χ0v) is 77.5. The lowest BCUT2D eigenvalue weighted by molar-refractivity contribution is -0.149. The van der Waals surface area contributed by atoms with Crippen LogP contribution in [0.2, 0.25) is 0 Å². The second kappa shape index (κ2) is 50.0. The monoisotopic (exact) mass is 1910 g/mol. The van der Waals surface area contributed by atoms with E-state index in [1.54, 1.807) is 69.3 Å². The van der Waals surface area contributed by atoms with Crippen LogP contribution >= 0.6 is 0 Å². The molecule has 44 nitrogen and oxygen atoms in total. The molecule has 4 fully saturated rings. The Morgan fingerprint density at radius 3 is 1.64 bits per heavy atom. The van der Waals surface area contributed by atoms with Gasteiger partial charge in [-0.2, -0.15) is 0 Å².